The van der Waals surface area contributed by atoms with Gasteiger partial charge in [0.1, 0.15) is 0 Å². The molecule has 1 aromatic heterocycles. The Morgan fingerprint density at radius 1 is 1.55 bits per heavy atom. The summed E-state index contributed by atoms with van der Waals surface area (Å²) in [6.07, 6.45) is 4.11. The summed E-state index contributed by atoms with van der Waals surface area (Å²) in [5, 5.41) is 4.13. The van der Waals surface area contributed by atoms with Crippen LogP contribution >= 0.6 is 0 Å². The van der Waals surface area contributed by atoms with E-state index in [1.807, 2.05) is 6.92 Å². The molecule has 1 aromatic rings. The molecule has 1 heterocycles. The number of aromatic nitrogens is 3. The molecule has 0 bridgehead atoms. The van der Waals surface area contributed by atoms with Gasteiger partial charge < -0.3 is 0 Å². The maximum atomic E-state index is 4.18. The van der Waals surface area contributed by atoms with Gasteiger partial charge in [-0.2, -0.15) is 5.10 Å². The molecule has 0 amide bonds. The van der Waals surface area contributed by atoms with Crippen LogP contribution in [0.2, 0.25) is 0 Å². The monoisotopic (exact) mass is 149 g/mol. The highest BCUT2D eigenvalue weighted by Gasteiger charge is 2.00. The Balaban J connectivity index is 3.11. The van der Waals surface area contributed by atoms with Gasteiger partial charge in [-0.3, -0.25) is 0 Å². The Hall–Kier alpha value is -1.38. The molecule has 0 atom stereocenters. The van der Waals surface area contributed by atoms with Gasteiger partial charge in [0.05, 0.1) is 0 Å². The third-order valence-corrected chi connectivity index (χ3v) is 1.37. The van der Waals surface area contributed by atoms with Crippen molar-refractivity contribution in [2.45, 2.75) is 13.3 Å². The van der Waals surface area contributed by atoms with Gasteiger partial charge in [0.25, 0.3) is 0 Å². The predicted molar refractivity (Wildman–Crippen MR) is 45.9 cm³/mol. The molecule has 0 radical (unpaired) electrons. The van der Waals surface area contributed by atoms with Gasteiger partial charge in [-0.05, 0) is 6.08 Å². The summed E-state index contributed by atoms with van der Waals surface area (Å²) in [5.41, 5.74) is 0. The first kappa shape index (κ1) is 7.72. The number of aryl methyl sites for hydroxylation is 1. The Labute approximate surface area is 66.1 Å². The first-order valence-corrected chi connectivity index (χ1v) is 3.52. The van der Waals surface area contributed by atoms with E-state index in [-0.39, 0.29) is 0 Å². The largest absolute Gasteiger partial charge is 0.222 e. The fourth-order valence-electron chi connectivity index (χ4n) is 0.805. The van der Waals surface area contributed by atoms with E-state index in [1.165, 1.54) is 0 Å². The van der Waals surface area contributed by atoms with E-state index in [0.29, 0.717) is 0 Å². The second kappa shape index (κ2) is 3.14. The van der Waals surface area contributed by atoms with Gasteiger partial charge in [0.2, 0.25) is 0 Å². The van der Waals surface area contributed by atoms with Crippen LogP contribution in [0.1, 0.15) is 18.6 Å². The van der Waals surface area contributed by atoms with Crippen LogP contribution < -0.4 is 0 Å². The van der Waals surface area contributed by atoms with Crippen molar-refractivity contribution >= 4 is 12.3 Å². The minimum atomic E-state index is 0.747. The molecule has 0 N–H and O–H groups in total. The van der Waals surface area contributed by atoms with Crippen molar-refractivity contribution in [3.8, 4) is 0 Å². The summed E-state index contributed by atoms with van der Waals surface area (Å²) >= 11 is 0. The Kier molecular flexibility index (Phi) is 2.21. The van der Waals surface area contributed by atoms with Crippen LogP contribution in [-0.4, -0.2) is 14.8 Å². The third-order valence-electron chi connectivity index (χ3n) is 1.37. The molecule has 0 saturated heterocycles. The molecular weight excluding hydrogens is 138 g/mol. The van der Waals surface area contributed by atoms with Crippen LogP contribution in [0.25, 0.3) is 12.3 Å². The molecule has 1 rings (SSSR count). The van der Waals surface area contributed by atoms with Crippen molar-refractivity contribution in [3.63, 3.8) is 0 Å². The molecule has 3 heteroatoms. The van der Waals surface area contributed by atoms with Gasteiger partial charge >= 0.3 is 0 Å². The summed E-state index contributed by atoms with van der Waals surface area (Å²) in [6, 6.07) is 0. The fraction of sp³-hybridized carbons (Fsp3) is 0.250. The maximum Gasteiger partial charge on any atom is 0.154 e. The number of hydrogen-bond acceptors (Lipinski definition) is 2. The molecule has 0 aromatic carbocycles. The SMILES string of the molecule is C=Cc1nc(CC)nn1C=C. The topological polar surface area (TPSA) is 30.7 Å². The van der Waals surface area contributed by atoms with E-state index < -0.39 is 0 Å². The average molecular weight is 149 g/mol. The molecule has 0 unspecified atom stereocenters. The normalized spacial score (nSPS) is 9.55. The van der Waals surface area contributed by atoms with Crippen molar-refractivity contribution in [1.29, 1.82) is 0 Å². The van der Waals surface area contributed by atoms with Crippen molar-refractivity contribution in [2.24, 2.45) is 0 Å². The second-order valence-corrected chi connectivity index (χ2v) is 2.07. The lowest BCUT2D eigenvalue weighted by Crippen LogP contribution is -1.91. The lowest BCUT2D eigenvalue weighted by molar-refractivity contribution is 0.874. The zero-order valence-corrected chi connectivity index (χ0v) is 6.62. The minimum Gasteiger partial charge on any atom is -0.222 e. The van der Waals surface area contributed by atoms with E-state index in [2.05, 4.69) is 23.2 Å². The van der Waals surface area contributed by atoms with Crippen LogP contribution in [0.5, 0.6) is 0 Å². The number of hydrogen-bond donors (Lipinski definition) is 0. The average Bonchev–Trinajstić information content (AvgIpc) is 2.46. The second-order valence-electron chi connectivity index (χ2n) is 2.07. The van der Waals surface area contributed by atoms with Crippen molar-refractivity contribution in [3.05, 3.63) is 24.8 Å². The molecule has 0 aliphatic heterocycles. The van der Waals surface area contributed by atoms with E-state index >= 15 is 0 Å². The standard InChI is InChI=1S/C8H11N3/c1-4-7-9-8(5-2)11(6-3)10-7/h5-6H,2-4H2,1H3. The van der Waals surface area contributed by atoms with Crippen molar-refractivity contribution < 1.29 is 0 Å². The highest BCUT2D eigenvalue weighted by Crippen LogP contribution is 2.00. The predicted octanol–water partition coefficient (Wildman–Crippen LogP) is 1.58. The van der Waals surface area contributed by atoms with Gasteiger partial charge in [-0.15, -0.1) is 0 Å². The molecule has 0 aliphatic carbocycles. The zero-order chi connectivity index (χ0) is 8.27. The first-order valence-electron chi connectivity index (χ1n) is 3.52. The van der Waals surface area contributed by atoms with Crippen molar-refractivity contribution in [1.82, 2.24) is 14.8 Å². The zero-order valence-electron chi connectivity index (χ0n) is 6.62. The highest BCUT2D eigenvalue weighted by atomic mass is 15.3. The molecule has 0 fully saturated rings. The van der Waals surface area contributed by atoms with Gasteiger partial charge in [0.15, 0.2) is 11.6 Å². The Morgan fingerprint density at radius 2 is 2.27 bits per heavy atom. The van der Waals surface area contributed by atoms with E-state index in [4.69, 9.17) is 0 Å². The van der Waals surface area contributed by atoms with Crippen LogP contribution in [0, 0.1) is 0 Å². The van der Waals surface area contributed by atoms with Crippen LogP contribution in [0.4, 0.5) is 0 Å². The van der Waals surface area contributed by atoms with Crippen LogP contribution in [0.3, 0.4) is 0 Å². The summed E-state index contributed by atoms with van der Waals surface area (Å²) in [6.45, 7) is 9.23. The lowest BCUT2D eigenvalue weighted by Gasteiger charge is -1.89. The highest BCUT2D eigenvalue weighted by molar-refractivity contribution is 5.40. The maximum absolute atomic E-state index is 4.18. The molecule has 3 nitrogen and oxygen atoms in total. The van der Waals surface area contributed by atoms with Gasteiger partial charge in [-0.25, -0.2) is 9.67 Å². The molecule has 11 heavy (non-hydrogen) atoms. The summed E-state index contributed by atoms with van der Waals surface area (Å²) in [7, 11) is 0. The van der Waals surface area contributed by atoms with Crippen LogP contribution in [0.15, 0.2) is 13.2 Å². The summed E-state index contributed by atoms with van der Waals surface area (Å²) in [4.78, 5) is 4.18. The van der Waals surface area contributed by atoms with E-state index in [0.717, 1.165) is 18.1 Å². The van der Waals surface area contributed by atoms with Gasteiger partial charge in [0, 0.05) is 12.6 Å². The van der Waals surface area contributed by atoms with Crippen LogP contribution in [-0.2, 0) is 6.42 Å². The van der Waals surface area contributed by atoms with Gasteiger partial charge in [-0.1, -0.05) is 20.1 Å². The smallest absolute Gasteiger partial charge is 0.154 e. The Morgan fingerprint density at radius 3 is 2.64 bits per heavy atom. The van der Waals surface area contributed by atoms with Crippen molar-refractivity contribution in [2.75, 3.05) is 0 Å². The summed E-state index contributed by atoms with van der Waals surface area (Å²) < 4.78 is 1.62. The van der Waals surface area contributed by atoms with E-state index in [9.17, 15) is 0 Å². The fourth-order valence-corrected chi connectivity index (χ4v) is 0.805. The quantitative estimate of drug-likeness (QED) is 0.653. The molecule has 0 saturated carbocycles. The molecule has 58 valence electrons. The Bertz CT molecular complexity index is 247. The minimum absolute atomic E-state index is 0.747. The molecular formula is C8H11N3. The molecule has 0 aliphatic rings. The third kappa shape index (κ3) is 1.37. The molecule has 0 spiro atoms. The number of rotatable bonds is 3. The van der Waals surface area contributed by atoms with E-state index in [1.54, 1.807) is 17.0 Å². The number of nitrogens with zero attached hydrogens (tertiary/aromatic N) is 3. The summed E-state index contributed by atoms with van der Waals surface area (Å²) in [5.74, 6) is 1.57. The lowest BCUT2D eigenvalue weighted by atomic mass is 10.5. The first-order chi connectivity index (χ1) is 5.31.